The minimum Gasteiger partial charge on any atom is -1.00 e. The van der Waals surface area contributed by atoms with Crippen LogP contribution in [-0.2, 0) is 23.2 Å². The summed E-state index contributed by atoms with van der Waals surface area (Å²) in [5.74, 6) is 0. The molecule has 19 heavy (non-hydrogen) atoms. The molecule has 0 aromatic rings. The Kier molecular flexibility index (Phi) is 7.60. The molecule has 0 N–H and O–H groups in total. The van der Waals surface area contributed by atoms with Crippen molar-refractivity contribution < 1.29 is 48.0 Å². The largest absolute Gasteiger partial charge is 1.00 e. The SMILES string of the molecule is CCC1=C[C](C)([Zr+2][C]2(C)C=CC(CC)=C2)C=C1.[Cl-].[Cl-]. The zero-order valence-electron chi connectivity index (χ0n) is 12.1. The Hall–Kier alpha value is 0.423. The van der Waals surface area contributed by atoms with Crippen LogP contribution in [0.15, 0.2) is 47.6 Å². The van der Waals surface area contributed by atoms with Crippen molar-refractivity contribution in [3.05, 3.63) is 47.6 Å². The van der Waals surface area contributed by atoms with Crippen molar-refractivity contribution in [2.75, 3.05) is 0 Å². The van der Waals surface area contributed by atoms with E-state index < -0.39 is 23.2 Å². The molecular weight excluding hydrogens is 354 g/mol. The fraction of sp³-hybridized carbons (Fsp3) is 0.500. The summed E-state index contributed by atoms with van der Waals surface area (Å²) in [6.07, 6.45) is 17.0. The van der Waals surface area contributed by atoms with Crippen molar-refractivity contribution in [3.63, 3.8) is 0 Å². The van der Waals surface area contributed by atoms with Gasteiger partial charge in [-0.1, -0.05) is 0 Å². The standard InChI is InChI=1S/2C8H11.2ClH.Zr/c2*1-3-8-5-4-7(2)6-8;;;/h2*4-6H,3H2,1-2H3;2*1H;/q;;;;+2/p-2. The smallest absolute Gasteiger partial charge is 1.00 e. The van der Waals surface area contributed by atoms with E-state index >= 15 is 0 Å². The van der Waals surface area contributed by atoms with E-state index in [-0.39, 0.29) is 24.8 Å². The number of rotatable bonds is 4. The first kappa shape index (κ1) is 19.4. The summed E-state index contributed by atoms with van der Waals surface area (Å²) in [5, 5.41) is 0. The van der Waals surface area contributed by atoms with Gasteiger partial charge >= 0.3 is 118 Å². The molecule has 0 aromatic heterocycles. The third-order valence-corrected chi connectivity index (χ3v) is 7.79. The molecule has 0 aliphatic heterocycles. The Bertz CT molecular complexity index is 394. The van der Waals surface area contributed by atoms with Gasteiger partial charge in [-0.25, -0.2) is 0 Å². The van der Waals surface area contributed by atoms with Crippen LogP contribution in [0.2, 0.25) is 6.25 Å². The van der Waals surface area contributed by atoms with Crippen LogP contribution in [0.1, 0.15) is 40.5 Å². The monoisotopic (exact) mass is 374 g/mol. The Labute approximate surface area is 141 Å². The van der Waals surface area contributed by atoms with Gasteiger partial charge in [0.05, 0.1) is 0 Å². The van der Waals surface area contributed by atoms with Crippen LogP contribution in [0.5, 0.6) is 0 Å². The molecular formula is C16H22Cl2Zr. The number of halogens is 2. The van der Waals surface area contributed by atoms with Gasteiger partial charge in [-0.2, -0.15) is 0 Å². The molecule has 0 saturated carbocycles. The molecule has 0 saturated heterocycles. The fourth-order valence-electron chi connectivity index (χ4n) is 2.70. The topological polar surface area (TPSA) is 0 Å². The molecule has 0 bridgehead atoms. The molecule has 104 valence electrons. The predicted molar refractivity (Wildman–Crippen MR) is 71.8 cm³/mol. The molecule has 3 heteroatoms. The minimum absolute atomic E-state index is 0. The minimum atomic E-state index is -0.555. The van der Waals surface area contributed by atoms with Crippen LogP contribution in [0, 0.1) is 0 Å². The first-order chi connectivity index (χ1) is 7.99. The van der Waals surface area contributed by atoms with E-state index in [2.05, 4.69) is 64.2 Å². The summed E-state index contributed by atoms with van der Waals surface area (Å²) in [4.78, 5) is 0. The summed E-state index contributed by atoms with van der Waals surface area (Å²) in [6.45, 7) is 9.35. The summed E-state index contributed by atoms with van der Waals surface area (Å²) in [6, 6.07) is 0. The van der Waals surface area contributed by atoms with Crippen LogP contribution in [0.4, 0.5) is 0 Å². The Morgan fingerprint density at radius 3 is 1.47 bits per heavy atom. The van der Waals surface area contributed by atoms with Gasteiger partial charge < -0.3 is 24.8 Å². The number of hydrogen-bond donors (Lipinski definition) is 0. The molecule has 2 atom stereocenters. The second-order valence-electron chi connectivity index (χ2n) is 5.50. The molecule has 2 rings (SSSR count). The average Bonchev–Trinajstić information content (AvgIpc) is 2.82. The van der Waals surface area contributed by atoms with Crippen molar-refractivity contribution >= 4 is 0 Å². The van der Waals surface area contributed by atoms with E-state index in [9.17, 15) is 0 Å². The van der Waals surface area contributed by atoms with Gasteiger partial charge in [-0.05, 0) is 0 Å². The van der Waals surface area contributed by atoms with Gasteiger partial charge in [-0.15, -0.1) is 0 Å². The summed E-state index contributed by atoms with van der Waals surface area (Å²) >= 11 is -0.555. The third kappa shape index (κ3) is 4.73. The van der Waals surface area contributed by atoms with Crippen LogP contribution >= 0.6 is 0 Å². The third-order valence-electron chi connectivity index (χ3n) is 3.61. The molecule has 2 aliphatic carbocycles. The van der Waals surface area contributed by atoms with Crippen LogP contribution in [0.3, 0.4) is 0 Å². The molecule has 0 aromatic carbocycles. The van der Waals surface area contributed by atoms with Gasteiger partial charge in [0.15, 0.2) is 0 Å². The molecule has 0 spiro atoms. The van der Waals surface area contributed by atoms with Crippen molar-refractivity contribution in [3.8, 4) is 0 Å². The molecule has 0 radical (unpaired) electrons. The molecule has 2 aliphatic rings. The van der Waals surface area contributed by atoms with Crippen molar-refractivity contribution in [2.45, 2.75) is 46.8 Å². The molecule has 0 heterocycles. The second kappa shape index (κ2) is 7.44. The van der Waals surface area contributed by atoms with Crippen molar-refractivity contribution in [1.29, 1.82) is 0 Å². The maximum absolute atomic E-state index is 2.52. The van der Waals surface area contributed by atoms with E-state index in [0.717, 1.165) is 0 Å². The van der Waals surface area contributed by atoms with Gasteiger partial charge in [-0.3, -0.25) is 0 Å². The predicted octanol–water partition coefficient (Wildman–Crippen LogP) is -0.753. The van der Waals surface area contributed by atoms with Gasteiger partial charge in [0.1, 0.15) is 0 Å². The quantitative estimate of drug-likeness (QED) is 0.606. The first-order valence-corrected chi connectivity index (χ1v) is 9.06. The number of allylic oxidation sites excluding steroid dienone is 8. The van der Waals surface area contributed by atoms with Gasteiger partial charge in [0, 0.05) is 0 Å². The Morgan fingerprint density at radius 2 is 1.21 bits per heavy atom. The summed E-state index contributed by atoms with van der Waals surface area (Å²) < 4.78 is 0.820. The summed E-state index contributed by atoms with van der Waals surface area (Å²) in [7, 11) is 0. The molecule has 0 amide bonds. The zero-order valence-corrected chi connectivity index (χ0v) is 16.1. The summed E-state index contributed by atoms with van der Waals surface area (Å²) in [5.41, 5.74) is 3.05. The Morgan fingerprint density at radius 1 is 0.842 bits per heavy atom. The maximum atomic E-state index is 2.52. The second-order valence-corrected chi connectivity index (χ2v) is 11.4. The fourth-order valence-corrected chi connectivity index (χ4v) is 7.64. The van der Waals surface area contributed by atoms with Crippen LogP contribution < -0.4 is 24.8 Å². The van der Waals surface area contributed by atoms with Crippen LogP contribution in [0.25, 0.3) is 0 Å². The van der Waals surface area contributed by atoms with E-state index in [4.69, 9.17) is 0 Å². The van der Waals surface area contributed by atoms with E-state index in [0.29, 0.717) is 6.25 Å². The maximum Gasteiger partial charge on any atom is -1.00 e. The van der Waals surface area contributed by atoms with Crippen molar-refractivity contribution in [1.82, 2.24) is 0 Å². The van der Waals surface area contributed by atoms with Crippen LogP contribution in [-0.4, -0.2) is 0 Å². The average molecular weight is 376 g/mol. The first-order valence-electron chi connectivity index (χ1n) is 6.60. The van der Waals surface area contributed by atoms with Gasteiger partial charge in [0.25, 0.3) is 0 Å². The molecule has 0 nitrogen and oxygen atoms in total. The molecule has 0 fully saturated rings. The number of hydrogen-bond acceptors (Lipinski definition) is 0. The van der Waals surface area contributed by atoms with E-state index in [1.807, 2.05) is 0 Å². The normalized spacial score (nSPS) is 31.2. The molecule has 2 unspecified atom stereocenters. The Balaban J connectivity index is 0.00000162. The zero-order chi connectivity index (χ0) is 12.5. The van der Waals surface area contributed by atoms with E-state index in [1.54, 1.807) is 0 Å². The van der Waals surface area contributed by atoms with E-state index in [1.165, 1.54) is 24.0 Å². The van der Waals surface area contributed by atoms with Crippen molar-refractivity contribution in [2.24, 2.45) is 0 Å². The van der Waals surface area contributed by atoms with Gasteiger partial charge in [0.2, 0.25) is 0 Å².